The molecule has 2 heterocycles. The van der Waals surface area contributed by atoms with E-state index in [1.165, 1.54) is 22.3 Å². The number of rotatable bonds is 16. The van der Waals surface area contributed by atoms with Crippen LogP contribution >= 0.6 is 23.2 Å². The number of aliphatic hydroxyl groups is 1. The van der Waals surface area contributed by atoms with Gasteiger partial charge >= 0.3 is 0 Å². The van der Waals surface area contributed by atoms with Gasteiger partial charge in [-0.3, -0.25) is 0 Å². The summed E-state index contributed by atoms with van der Waals surface area (Å²) in [6, 6.07) is 41.2. The molecule has 9 aromatic rings. The van der Waals surface area contributed by atoms with Crippen LogP contribution in [0.5, 0.6) is 11.5 Å². The van der Waals surface area contributed by atoms with Gasteiger partial charge in [0.1, 0.15) is 17.5 Å². The molecule has 0 amide bonds. The van der Waals surface area contributed by atoms with Crippen molar-refractivity contribution in [2.75, 3.05) is 13.2 Å². The number of benzene rings is 7. The van der Waals surface area contributed by atoms with E-state index in [1.807, 2.05) is 24.3 Å². The maximum atomic E-state index is 14.4. The molecule has 0 saturated heterocycles. The van der Waals surface area contributed by atoms with E-state index in [0.717, 1.165) is 90.7 Å². The van der Waals surface area contributed by atoms with Crippen molar-refractivity contribution < 1.29 is 45.5 Å². The zero-order valence-corrected chi connectivity index (χ0v) is 67.6. The Morgan fingerprint density at radius 3 is 1.41 bits per heavy atom. The summed E-state index contributed by atoms with van der Waals surface area (Å²) in [6.45, 7) is 54.9. The largest absolute Gasteiger partial charge is 0.505 e. The summed E-state index contributed by atoms with van der Waals surface area (Å²) in [5.74, 6) is -1.13. The van der Waals surface area contributed by atoms with Gasteiger partial charge in [-0.2, -0.15) is 0 Å². The Balaban J connectivity index is 0.0000108. The van der Waals surface area contributed by atoms with Gasteiger partial charge in [0, 0.05) is 91.6 Å². The van der Waals surface area contributed by atoms with Crippen LogP contribution in [0.1, 0.15) is 236 Å². The molecular weight excluding hydrogens is 1390 g/mol. The standard InChI is InChI=1S/C87H110Cl2N2O4.Hf/c1-25-53-38-55(41-62(88)39-53)70-47-61(86(23,24)52-80(6,7)8)49-76(91-73-34-30-58(83(15,16)17)44-66(73)67-45-59(84(18,19)20)31-35-74(67)91)87(70,93)95-37-27-36-94-78-54(26-2)40-63(89)50-69(78)68-46-60(85(21,22)51-79(3,4)5)48-75(77(68)92)90-71-32-28-56(81(9,10)11)42-64(71)65-43-57(82(12,13)14)29-33-72(65)90;/h28-35,38-50,76,92-93H,25-27,36-37,51-52H2,1-24H3;. The van der Waals surface area contributed by atoms with E-state index < -0.39 is 11.8 Å². The number of aromatic nitrogens is 2. The van der Waals surface area contributed by atoms with Gasteiger partial charge in [-0.05, 0) is 210 Å². The number of phenols is 1. The number of halogens is 2. The molecule has 1 aliphatic rings. The van der Waals surface area contributed by atoms with Gasteiger partial charge in [0.2, 0.25) is 5.79 Å². The Hall–Kier alpha value is -5.41. The predicted octanol–water partition coefficient (Wildman–Crippen LogP) is 24.8. The van der Waals surface area contributed by atoms with E-state index in [2.05, 4.69) is 278 Å². The molecule has 2 N–H and O–H groups in total. The number of aryl methyl sites for hydroxylation is 2. The maximum absolute atomic E-state index is 14.4. The molecule has 10 rings (SSSR count). The molecule has 0 radical (unpaired) electrons. The Morgan fingerprint density at radius 2 is 0.948 bits per heavy atom. The van der Waals surface area contributed by atoms with Crippen molar-refractivity contribution >= 4 is 72.4 Å². The minimum Gasteiger partial charge on any atom is -0.505 e. The minimum atomic E-state index is -1.92. The Morgan fingerprint density at radius 1 is 0.490 bits per heavy atom. The molecule has 6 nitrogen and oxygen atoms in total. The third-order valence-electron chi connectivity index (χ3n) is 19.9. The molecule has 0 bridgehead atoms. The van der Waals surface area contributed by atoms with Crippen LogP contribution in [0, 0.1) is 16.2 Å². The van der Waals surface area contributed by atoms with Gasteiger partial charge in [0.25, 0.3) is 0 Å². The maximum Gasteiger partial charge on any atom is 0.218 e. The summed E-state index contributed by atoms with van der Waals surface area (Å²) in [6.07, 6.45) is 8.08. The molecule has 2 unspecified atom stereocenters. The Labute approximate surface area is 605 Å². The average molecular weight is 1500 g/mol. The number of aromatic hydroxyl groups is 1. The van der Waals surface area contributed by atoms with Crippen molar-refractivity contribution in [1.29, 1.82) is 0 Å². The number of phenolic OH excluding ortho intramolecular Hbond substituents is 1. The van der Waals surface area contributed by atoms with Crippen LogP contribution in [0.25, 0.3) is 66.0 Å². The molecular formula is C87H110Cl2HfN2O4. The summed E-state index contributed by atoms with van der Waals surface area (Å²) in [4.78, 5) is 0. The fourth-order valence-electron chi connectivity index (χ4n) is 15.4. The molecule has 1 aliphatic carbocycles. The van der Waals surface area contributed by atoms with Gasteiger partial charge < -0.3 is 28.8 Å². The van der Waals surface area contributed by atoms with Crippen LogP contribution in [-0.4, -0.2) is 38.3 Å². The molecule has 0 fully saturated rings. The van der Waals surface area contributed by atoms with Crippen molar-refractivity contribution in [1.82, 2.24) is 9.13 Å². The van der Waals surface area contributed by atoms with Crippen molar-refractivity contribution in [3.8, 4) is 28.3 Å². The van der Waals surface area contributed by atoms with Crippen LogP contribution in [0.2, 0.25) is 10.0 Å². The topological polar surface area (TPSA) is 68.8 Å². The molecule has 0 spiro atoms. The van der Waals surface area contributed by atoms with E-state index in [-0.39, 0.29) is 88.1 Å². The number of hydrogen-bond donors (Lipinski definition) is 2. The zero-order valence-electron chi connectivity index (χ0n) is 62.5. The van der Waals surface area contributed by atoms with E-state index >= 15 is 0 Å². The Bertz CT molecular complexity index is 4350. The first-order chi connectivity index (χ1) is 43.8. The molecule has 0 aliphatic heterocycles. The SMILES string of the molecule is CCc1cc(Cl)cc(C2=CC(C(C)(C)CC(C)(C)C)=CC(n3c4ccc(C(C)(C)C)cc4c4cc(C(C)(C)C)ccc43)C2(O)OCCCOc2c(CC)cc(Cl)cc2-c2cc(C(C)(C)CC(C)(C)C)cc(-n3c4ccc(C(C)(C)C)cc4c4cc(C(C)(C)C)ccc43)c2O)c1.[Hf]. The second-order valence-electron chi connectivity index (χ2n) is 35.6. The van der Waals surface area contributed by atoms with Crippen LogP contribution in [0.4, 0.5) is 0 Å². The first-order valence-corrected chi connectivity index (χ1v) is 35.7. The average Bonchev–Trinajstić information content (AvgIpc) is 1.45. The number of nitrogens with zero attached hydrogens (tertiary/aromatic N) is 2. The summed E-state index contributed by atoms with van der Waals surface area (Å²) in [7, 11) is 0. The molecule has 7 aromatic carbocycles. The fourth-order valence-corrected chi connectivity index (χ4v) is 15.9. The van der Waals surface area contributed by atoms with E-state index in [1.54, 1.807) is 0 Å². The van der Waals surface area contributed by atoms with Gasteiger partial charge in [-0.25, -0.2) is 0 Å². The summed E-state index contributed by atoms with van der Waals surface area (Å²) in [5, 5.41) is 33.6. The van der Waals surface area contributed by atoms with Gasteiger partial charge in [-0.15, -0.1) is 0 Å². The Kier molecular flexibility index (Phi) is 20.7. The zero-order chi connectivity index (χ0) is 69.9. The molecule has 2 atom stereocenters. The number of hydrogen-bond acceptors (Lipinski definition) is 4. The third kappa shape index (κ3) is 15.2. The van der Waals surface area contributed by atoms with E-state index in [4.69, 9.17) is 32.7 Å². The second kappa shape index (κ2) is 26.6. The van der Waals surface area contributed by atoms with Crippen LogP contribution in [0.3, 0.4) is 0 Å². The molecule has 0 saturated carbocycles. The first kappa shape index (κ1) is 74.8. The molecule has 96 heavy (non-hydrogen) atoms. The quantitative estimate of drug-likeness (QED) is 0.0575. The summed E-state index contributed by atoms with van der Waals surface area (Å²) in [5.41, 5.74) is 15.8. The normalized spacial score (nSPS) is 16.4. The smallest absolute Gasteiger partial charge is 0.218 e. The predicted molar refractivity (Wildman–Crippen MR) is 408 cm³/mol. The van der Waals surface area contributed by atoms with Crippen molar-refractivity contribution in [3.63, 3.8) is 0 Å². The van der Waals surface area contributed by atoms with Gasteiger partial charge in [-0.1, -0.05) is 226 Å². The molecule has 2 aromatic heterocycles. The van der Waals surface area contributed by atoms with E-state index in [0.29, 0.717) is 51.0 Å². The molecule has 510 valence electrons. The second-order valence-corrected chi connectivity index (χ2v) is 36.5. The van der Waals surface area contributed by atoms with Gasteiger partial charge in [0.05, 0.1) is 29.9 Å². The summed E-state index contributed by atoms with van der Waals surface area (Å²) < 4.78 is 19.2. The number of ether oxygens (including phenoxy) is 2. The van der Waals surface area contributed by atoms with Gasteiger partial charge in [0.15, 0.2) is 0 Å². The number of fused-ring (bicyclic) bond motifs is 6. The van der Waals surface area contributed by atoms with Crippen molar-refractivity contribution in [2.24, 2.45) is 16.2 Å². The monoisotopic (exact) mass is 1500 g/mol. The number of allylic oxidation sites excluding steroid dienone is 2. The van der Waals surface area contributed by atoms with Crippen molar-refractivity contribution in [2.45, 2.75) is 237 Å². The fraction of sp³-hybridized carbons (Fsp3) is 0.471. The summed E-state index contributed by atoms with van der Waals surface area (Å²) >= 11 is 14.4. The van der Waals surface area contributed by atoms with Crippen molar-refractivity contribution in [3.05, 3.63) is 188 Å². The van der Waals surface area contributed by atoms with E-state index in [9.17, 15) is 10.2 Å². The first-order valence-electron chi connectivity index (χ1n) is 35.0. The minimum absolute atomic E-state index is 0. The van der Waals surface area contributed by atoms with Crippen LogP contribution in [0.15, 0.2) is 133 Å². The van der Waals surface area contributed by atoms with Crippen LogP contribution in [-0.2, 0) is 70.5 Å². The third-order valence-corrected chi connectivity index (χ3v) is 20.3. The van der Waals surface area contributed by atoms with Crippen LogP contribution < -0.4 is 4.74 Å². The molecule has 9 heteroatoms.